The van der Waals surface area contributed by atoms with Crippen molar-refractivity contribution in [3.63, 3.8) is 0 Å². The lowest BCUT2D eigenvalue weighted by Crippen LogP contribution is -2.49. The standard InChI is InChI=1S/C29H54N.C7H8O3S/c1-4-7-10-11-12-13-14-15-16-17-18-22-27-30(25-8-5-2,26-9-6-3)28-29-23-20-19-21-24-29;1-6-4-2-3-5-7(6)11(8,9)10/h19-21,23-24H,4-18,22,25-28H2,1-3H3;2-5H,1H3,(H,8,9,10)/q+1;/p-1. The number of unbranched alkanes of at least 4 members (excludes halogenated alkanes) is 13. The molecule has 0 aromatic heterocycles. The summed E-state index contributed by atoms with van der Waals surface area (Å²) >= 11 is 0. The zero-order valence-corrected chi connectivity index (χ0v) is 27.7. The van der Waals surface area contributed by atoms with Crippen molar-refractivity contribution in [2.45, 2.75) is 142 Å². The molecule has 0 amide bonds. The molecule has 0 atom stereocenters. The predicted octanol–water partition coefficient (Wildman–Crippen LogP) is 10.2. The van der Waals surface area contributed by atoms with Gasteiger partial charge >= 0.3 is 0 Å². The van der Waals surface area contributed by atoms with Crippen LogP contribution in [0.15, 0.2) is 59.5 Å². The molecular weight excluding hydrogens is 526 g/mol. The molecule has 41 heavy (non-hydrogen) atoms. The molecule has 234 valence electrons. The molecule has 0 N–H and O–H groups in total. The number of rotatable bonds is 22. The molecule has 0 aliphatic rings. The van der Waals surface area contributed by atoms with E-state index in [2.05, 4.69) is 51.1 Å². The van der Waals surface area contributed by atoms with Crippen LogP contribution in [0.3, 0.4) is 0 Å². The maximum absolute atomic E-state index is 10.5. The van der Waals surface area contributed by atoms with Crippen LogP contribution in [0.2, 0.25) is 0 Å². The van der Waals surface area contributed by atoms with Gasteiger partial charge in [-0.2, -0.15) is 0 Å². The van der Waals surface area contributed by atoms with Gasteiger partial charge in [0.15, 0.2) is 0 Å². The Morgan fingerprint density at radius 2 is 0.976 bits per heavy atom. The number of quaternary nitrogens is 1. The third-order valence-corrected chi connectivity index (χ3v) is 9.18. The first-order valence-corrected chi connectivity index (χ1v) is 18.1. The number of hydrogen-bond donors (Lipinski definition) is 0. The van der Waals surface area contributed by atoms with Gasteiger partial charge in [0.2, 0.25) is 0 Å². The van der Waals surface area contributed by atoms with E-state index in [0.29, 0.717) is 5.56 Å². The van der Waals surface area contributed by atoms with Gasteiger partial charge in [0, 0.05) is 5.56 Å². The minimum atomic E-state index is -4.28. The maximum atomic E-state index is 10.5. The van der Waals surface area contributed by atoms with E-state index in [1.54, 1.807) is 19.1 Å². The Hall–Kier alpha value is -1.69. The summed E-state index contributed by atoms with van der Waals surface area (Å²) in [7, 11) is -4.28. The van der Waals surface area contributed by atoms with Crippen LogP contribution in [0.25, 0.3) is 0 Å². The van der Waals surface area contributed by atoms with E-state index in [-0.39, 0.29) is 4.90 Å². The molecular formula is C36H61NO3S. The van der Waals surface area contributed by atoms with Gasteiger partial charge < -0.3 is 9.04 Å². The Bertz CT molecular complexity index is 983. The molecule has 0 fully saturated rings. The van der Waals surface area contributed by atoms with E-state index in [0.717, 1.165) is 0 Å². The molecule has 0 unspecified atom stereocenters. The smallest absolute Gasteiger partial charge is 0.124 e. The van der Waals surface area contributed by atoms with Crippen molar-refractivity contribution < 1.29 is 17.5 Å². The first-order valence-electron chi connectivity index (χ1n) is 16.7. The summed E-state index contributed by atoms with van der Waals surface area (Å²) in [6.45, 7) is 13.9. The van der Waals surface area contributed by atoms with Crippen LogP contribution in [0.1, 0.15) is 135 Å². The zero-order valence-electron chi connectivity index (χ0n) is 26.9. The van der Waals surface area contributed by atoms with Crippen LogP contribution in [0, 0.1) is 6.92 Å². The van der Waals surface area contributed by atoms with E-state index in [4.69, 9.17) is 0 Å². The normalized spacial score (nSPS) is 11.7. The lowest BCUT2D eigenvalue weighted by molar-refractivity contribution is -0.941. The highest BCUT2D eigenvalue weighted by Gasteiger charge is 2.26. The monoisotopic (exact) mass is 587 g/mol. The Labute approximate surface area is 254 Å². The summed E-state index contributed by atoms with van der Waals surface area (Å²) in [5.74, 6) is 0. The summed E-state index contributed by atoms with van der Waals surface area (Å²) in [6.07, 6.45) is 22.7. The molecule has 0 spiro atoms. The molecule has 2 aromatic carbocycles. The van der Waals surface area contributed by atoms with Gasteiger partial charge in [-0.1, -0.05) is 146 Å². The van der Waals surface area contributed by atoms with E-state index in [1.807, 2.05) is 0 Å². The van der Waals surface area contributed by atoms with Crippen molar-refractivity contribution in [1.29, 1.82) is 0 Å². The summed E-state index contributed by atoms with van der Waals surface area (Å²) in [5.41, 5.74) is 2.02. The van der Waals surface area contributed by atoms with Crippen molar-refractivity contribution in [2.24, 2.45) is 0 Å². The highest BCUT2D eigenvalue weighted by atomic mass is 32.2. The average Bonchev–Trinajstić information content (AvgIpc) is 2.96. The second-order valence-corrected chi connectivity index (χ2v) is 13.3. The molecule has 2 aromatic rings. The first kappa shape index (κ1) is 37.3. The maximum Gasteiger partial charge on any atom is 0.124 e. The van der Waals surface area contributed by atoms with Gasteiger partial charge in [0.1, 0.15) is 16.7 Å². The summed E-state index contributed by atoms with van der Waals surface area (Å²) in [6, 6.07) is 17.4. The second-order valence-electron chi connectivity index (χ2n) is 12.0. The zero-order chi connectivity index (χ0) is 30.2. The Morgan fingerprint density at radius 3 is 1.41 bits per heavy atom. The SMILES string of the molecule is CCCCCCCCCCCCCC[N+](CCCC)(CCCC)Cc1ccccc1.Cc1ccccc1S(=O)(=O)[O-]. The van der Waals surface area contributed by atoms with E-state index >= 15 is 0 Å². The molecule has 0 saturated heterocycles. The molecule has 4 nitrogen and oxygen atoms in total. The third-order valence-electron chi connectivity index (χ3n) is 8.18. The van der Waals surface area contributed by atoms with Crippen molar-refractivity contribution >= 4 is 10.1 Å². The molecule has 0 aliphatic carbocycles. The van der Waals surface area contributed by atoms with Gasteiger partial charge in [-0.3, -0.25) is 0 Å². The molecule has 0 heterocycles. The predicted molar refractivity (Wildman–Crippen MR) is 175 cm³/mol. The van der Waals surface area contributed by atoms with Crippen LogP contribution >= 0.6 is 0 Å². The highest BCUT2D eigenvalue weighted by Crippen LogP contribution is 2.21. The molecule has 0 radical (unpaired) electrons. The fourth-order valence-electron chi connectivity index (χ4n) is 5.66. The van der Waals surface area contributed by atoms with Gasteiger partial charge in [0.05, 0.1) is 24.5 Å². The van der Waals surface area contributed by atoms with Crippen molar-refractivity contribution in [2.75, 3.05) is 19.6 Å². The highest BCUT2D eigenvalue weighted by molar-refractivity contribution is 7.85. The summed E-state index contributed by atoms with van der Waals surface area (Å²) in [4.78, 5) is -0.139. The van der Waals surface area contributed by atoms with E-state index < -0.39 is 10.1 Å². The van der Waals surface area contributed by atoms with Gasteiger partial charge in [-0.25, -0.2) is 8.42 Å². The Balaban J connectivity index is 0.000000634. The van der Waals surface area contributed by atoms with Crippen molar-refractivity contribution in [3.8, 4) is 0 Å². The number of aryl methyl sites for hydroxylation is 1. The van der Waals surface area contributed by atoms with Gasteiger partial charge in [-0.15, -0.1) is 0 Å². The number of nitrogens with zero attached hydrogens (tertiary/aromatic N) is 1. The van der Waals surface area contributed by atoms with Gasteiger partial charge in [-0.05, 0) is 44.2 Å². The van der Waals surface area contributed by atoms with Gasteiger partial charge in [0.25, 0.3) is 0 Å². The molecule has 2 rings (SSSR count). The number of benzene rings is 2. The van der Waals surface area contributed by atoms with Crippen LogP contribution in [0.4, 0.5) is 0 Å². The fraction of sp³-hybridized carbons (Fsp3) is 0.667. The van der Waals surface area contributed by atoms with Crippen molar-refractivity contribution in [1.82, 2.24) is 0 Å². The second kappa shape index (κ2) is 22.9. The average molecular weight is 588 g/mol. The molecule has 0 saturated carbocycles. The van der Waals surface area contributed by atoms with Crippen LogP contribution < -0.4 is 0 Å². The molecule has 0 aliphatic heterocycles. The Kier molecular flexibility index (Phi) is 20.8. The minimum Gasteiger partial charge on any atom is -0.744 e. The third kappa shape index (κ3) is 17.8. The lowest BCUT2D eigenvalue weighted by atomic mass is 10.0. The van der Waals surface area contributed by atoms with Crippen LogP contribution in [-0.2, 0) is 16.7 Å². The summed E-state index contributed by atoms with van der Waals surface area (Å²) < 4.78 is 32.8. The lowest BCUT2D eigenvalue weighted by Gasteiger charge is -2.39. The molecule has 5 heteroatoms. The molecule has 0 bridgehead atoms. The largest absolute Gasteiger partial charge is 0.744 e. The van der Waals surface area contributed by atoms with E-state index in [9.17, 15) is 13.0 Å². The first-order chi connectivity index (χ1) is 19.8. The minimum absolute atomic E-state index is 0.139. The quantitative estimate of drug-likeness (QED) is 0.0782. The number of hydrogen-bond acceptors (Lipinski definition) is 3. The van der Waals surface area contributed by atoms with Crippen molar-refractivity contribution in [3.05, 3.63) is 65.7 Å². The summed E-state index contributed by atoms with van der Waals surface area (Å²) in [5, 5.41) is 0. The topological polar surface area (TPSA) is 57.2 Å². The van der Waals surface area contributed by atoms with E-state index in [1.165, 1.54) is 151 Å². The van der Waals surface area contributed by atoms with Crippen LogP contribution in [-0.4, -0.2) is 37.1 Å². The van der Waals surface area contributed by atoms with Crippen LogP contribution in [0.5, 0.6) is 0 Å². The Morgan fingerprint density at radius 1 is 0.561 bits per heavy atom. The fourth-order valence-corrected chi connectivity index (χ4v) is 6.36.